The third-order valence-corrected chi connectivity index (χ3v) is 10.2. The summed E-state index contributed by atoms with van der Waals surface area (Å²) < 4.78 is 52.7. The normalized spacial score (nSPS) is 36.6. The lowest BCUT2D eigenvalue weighted by Crippen LogP contribution is -2.34. The Morgan fingerprint density at radius 3 is 2.45 bits per heavy atom. The van der Waals surface area contributed by atoms with Gasteiger partial charge in [0, 0.05) is 6.42 Å². The zero-order chi connectivity index (χ0) is 31.0. The van der Waals surface area contributed by atoms with Crippen molar-refractivity contribution in [2.75, 3.05) is 24.7 Å². The Morgan fingerprint density at radius 1 is 0.955 bits per heavy atom. The number of nitrogens with two attached hydrogens (primary N) is 2. The van der Waals surface area contributed by atoms with Gasteiger partial charge < -0.3 is 20.9 Å². The van der Waals surface area contributed by atoms with Crippen molar-refractivity contribution in [1.82, 2.24) is 49.9 Å². The maximum Gasteiger partial charge on any atom is 0.476 e. The zero-order valence-electron chi connectivity index (χ0n) is 21.8. The van der Waals surface area contributed by atoms with E-state index >= 15 is 4.39 Å². The Kier molecular flexibility index (Phi) is 7.62. The number of anilines is 2. The van der Waals surface area contributed by atoms with E-state index in [0.29, 0.717) is 0 Å². The van der Waals surface area contributed by atoms with Gasteiger partial charge in [0.25, 0.3) is 5.56 Å². The number of alkyl halides is 1. The molecule has 3 saturated heterocycles. The Balaban J connectivity index is 1.18. The maximum atomic E-state index is 16.0. The van der Waals surface area contributed by atoms with Gasteiger partial charge in [-0.05, 0) is 0 Å². The van der Waals surface area contributed by atoms with Crippen molar-refractivity contribution in [2.24, 2.45) is 0 Å². The van der Waals surface area contributed by atoms with Crippen molar-refractivity contribution in [3.05, 3.63) is 16.7 Å². The quantitative estimate of drug-likeness (QED) is 0.102. The molecule has 0 amide bonds. The van der Waals surface area contributed by atoms with Gasteiger partial charge in [-0.1, -0.05) is 10.4 Å². The zero-order valence-corrected chi connectivity index (χ0v) is 25.4. The van der Waals surface area contributed by atoms with Gasteiger partial charge in [-0.3, -0.25) is 9.78 Å². The van der Waals surface area contributed by atoms with Gasteiger partial charge in [0.2, 0.25) is 5.95 Å². The molecule has 236 valence electrons. The van der Waals surface area contributed by atoms with Crippen LogP contribution in [0.4, 0.5) is 16.2 Å². The smallest absolute Gasteiger partial charge is 0.382 e. The molecular weight excluding hydrogens is 673 g/mol. The number of H-pyrrole nitrogens is 1. The molecule has 0 saturated carbocycles. The highest BCUT2D eigenvalue weighted by molar-refractivity contribution is 8.47. The molecule has 2 bridgehead atoms. The van der Waals surface area contributed by atoms with Gasteiger partial charge in [0.15, 0.2) is 59.0 Å². The minimum absolute atomic E-state index is 0.0167. The number of hydrogen-bond donors (Lipinski definition) is 7. The summed E-state index contributed by atoms with van der Waals surface area (Å²) in [5, 5.41) is 15.6. The van der Waals surface area contributed by atoms with Crippen molar-refractivity contribution < 1.29 is 41.7 Å². The summed E-state index contributed by atoms with van der Waals surface area (Å²) in [5.74, 6) is -0.180. The highest BCUT2D eigenvalue weighted by Gasteiger charge is 2.58. The number of rotatable bonds is 2. The Morgan fingerprint density at radius 2 is 1.66 bits per heavy atom. The van der Waals surface area contributed by atoms with Gasteiger partial charge in [-0.25, -0.2) is 14.4 Å². The minimum Gasteiger partial charge on any atom is -0.382 e. The molecule has 3 aliphatic heterocycles. The molecule has 3 aliphatic rings. The van der Waals surface area contributed by atoms with Crippen LogP contribution in [0.5, 0.6) is 0 Å². The van der Waals surface area contributed by atoms with Crippen LogP contribution in [-0.2, 0) is 27.6 Å². The molecule has 0 aromatic carbocycles. The number of aromatic nitrogens is 10. The van der Waals surface area contributed by atoms with Crippen LogP contribution in [0.3, 0.4) is 0 Å². The molecule has 7 N–H and O–H groups in total. The molecule has 0 spiro atoms. The predicted octanol–water partition coefficient (Wildman–Crippen LogP) is -0.547. The molecule has 4 aromatic rings. The first-order valence-electron chi connectivity index (χ1n) is 12.6. The second-order valence-corrected chi connectivity index (χ2v) is 15.7. The average Bonchev–Trinajstić information content (AvgIpc) is 3.72. The summed E-state index contributed by atoms with van der Waals surface area (Å²) >= 11 is 8.34. The van der Waals surface area contributed by atoms with E-state index in [9.17, 15) is 14.6 Å². The SMILES string of the molecule is Nc1nc2c(nnn2[C@@H]2O[C@@H]3CO[P+](O)(S)O[C@H]4[C@H](F)[C@H](n5nnc6c(N)ncnc65)O[C@@H]4CO[P+](O)(S)O[C@@H]2C3)c(=O)[nH]1. The number of aromatic amines is 1. The van der Waals surface area contributed by atoms with Crippen molar-refractivity contribution in [3.63, 3.8) is 0 Å². The number of ether oxygens (including phenoxy) is 2. The monoisotopic (exact) mass is 696 g/mol. The summed E-state index contributed by atoms with van der Waals surface area (Å²) in [6.07, 6.45) is -8.07. The average molecular weight is 697 g/mol. The van der Waals surface area contributed by atoms with Crippen LogP contribution in [0, 0.1) is 0 Å². The van der Waals surface area contributed by atoms with E-state index in [2.05, 4.69) is 65.1 Å². The van der Waals surface area contributed by atoms with Crippen molar-refractivity contribution >= 4 is 72.9 Å². The van der Waals surface area contributed by atoms with Gasteiger partial charge in [-0.2, -0.15) is 42.2 Å². The number of halogens is 1. The molecule has 0 aliphatic carbocycles. The number of thiol groups is 2. The first kappa shape index (κ1) is 30.2. The summed E-state index contributed by atoms with van der Waals surface area (Å²) in [6, 6.07) is 0. The van der Waals surface area contributed by atoms with E-state index in [0.717, 1.165) is 15.7 Å². The first-order chi connectivity index (χ1) is 20.9. The topological polar surface area (TPSA) is 281 Å². The molecule has 0 radical (unpaired) electrons. The van der Waals surface area contributed by atoms with Crippen LogP contribution in [0.15, 0.2) is 11.1 Å². The fourth-order valence-electron chi connectivity index (χ4n) is 5.01. The third kappa shape index (κ3) is 5.48. The summed E-state index contributed by atoms with van der Waals surface area (Å²) in [4.78, 5) is 48.6. The summed E-state index contributed by atoms with van der Waals surface area (Å²) in [6.45, 7) is -0.853. The van der Waals surface area contributed by atoms with Crippen molar-refractivity contribution in [3.8, 4) is 0 Å². The van der Waals surface area contributed by atoms with Crippen molar-refractivity contribution in [1.29, 1.82) is 0 Å². The van der Waals surface area contributed by atoms with Gasteiger partial charge in [0.05, 0.1) is 30.6 Å². The number of hydrogen-bond acceptors (Lipinski definition) is 20. The second kappa shape index (κ2) is 11.1. The lowest BCUT2D eigenvalue weighted by atomic mass is 10.1. The maximum absolute atomic E-state index is 16.0. The van der Waals surface area contributed by atoms with Crippen LogP contribution in [-0.4, -0.2) is 104 Å². The van der Waals surface area contributed by atoms with Crippen LogP contribution in [0.25, 0.3) is 22.3 Å². The molecule has 4 aromatic heterocycles. The molecular formula is C18H23FN12O9P2S2+2. The van der Waals surface area contributed by atoms with E-state index < -0.39 is 69.5 Å². The molecule has 7 heterocycles. The molecule has 21 nitrogen and oxygen atoms in total. The van der Waals surface area contributed by atoms with E-state index in [4.69, 9.17) is 39.0 Å². The molecule has 44 heavy (non-hydrogen) atoms. The minimum atomic E-state index is -4.04. The molecule has 3 fully saturated rings. The Bertz CT molecular complexity index is 1780. The standard InChI is InChI=1S/C18H22FN12O9P2S2/c19-8-11-7(38-17(8)30-13-9(26-28-30)12(20)22-4-23-13)3-36-41(33,43)39-6-1-5(2-35-42(34,44)40-11)37-16(6)31-14-10(27-29-31)15(32)25-18(21)24-14/h4-8,11,16-17,33-34,43-44H,1-3H2,(H4-,20,21,22,23,24,25,28,29,32)/q+1/p+1/t5-,6+,7+,8-,11+,16+,17+,41?,42?/m0/s1. The van der Waals surface area contributed by atoms with E-state index in [1.807, 2.05) is 0 Å². The fourth-order valence-corrected chi connectivity index (χ4v) is 8.04. The van der Waals surface area contributed by atoms with E-state index in [1.165, 1.54) is 0 Å². The largest absolute Gasteiger partial charge is 0.476 e. The van der Waals surface area contributed by atoms with Gasteiger partial charge in [-0.15, -0.1) is 10.2 Å². The second-order valence-electron chi connectivity index (χ2n) is 9.80. The van der Waals surface area contributed by atoms with Crippen molar-refractivity contribution in [2.45, 2.75) is 49.5 Å². The number of nitrogen functional groups attached to an aromatic ring is 2. The van der Waals surface area contributed by atoms with Crippen LogP contribution < -0.4 is 17.0 Å². The Labute approximate surface area is 255 Å². The van der Waals surface area contributed by atoms with Crippen LogP contribution in [0.1, 0.15) is 18.9 Å². The highest BCUT2D eigenvalue weighted by atomic mass is 32.7. The first-order valence-corrected chi connectivity index (χ1v) is 18.1. The molecule has 26 heteroatoms. The molecule has 2 unspecified atom stereocenters. The van der Waals surface area contributed by atoms with E-state index in [1.54, 1.807) is 0 Å². The lowest BCUT2D eigenvalue weighted by molar-refractivity contribution is -0.0657. The Hall–Kier alpha value is -2.47. The van der Waals surface area contributed by atoms with E-state index in [-0.39, 0.29) is 47.1 Å². The van der Waals surface area contributed by atoms with Gasteiger partial charge >= 0.3 is 14.3 Å². The number of nitrogens with zero attached hydrogens (tertiary/aromatic N) is 9. The lowest BCUT2D eigenvalue weighted by Gasteiger charge is -2.23. The highest BCUT2D eigenvalue weighted by Crippen LogP contribution is 2.67. The van der Waals surface area contributed by atoms with Crippen LogP contribution in [0.2, 0.25) is 0 Å². The molecule has 9 atom stereocenters. The van der Waals surface area contributed by atoms with Gasteiger partial charge in [0.1, 0.15) is 25.6 Å². The number of nitrogens with one attached hydrogen (secondary N) is 1. The molecule has 7 rings (SSSR count). The number of fused-ring (bicyclic) bond motifs is 5. The fraction of sp³-hybridized carbons (Fsp3) is 0.556. The van der Waals surface area contributed by atoms with Crippen LogP contribution >= 0.6 is 38.8 Å². The summed E-state index contributed by atoms with van der Waals surface area (Å²) in [5.41, 5.74) is 10.9. The third-order valence-electron chi connectivity index (χ3n) is 6.90. The summed E-state index contributed by atoms with van der Waals surface area (Å²) in [7, 11) is -8.04. The predicted molar refractivity (Wildman–Crippen MR) is 153 cm³/mol.